The number of ether oxygens (including phenoxy) is 1. The van der Waals surface area contributed by atoms with Gasteiger partial charge in [-0.05, 0) is 14.1 Å². The van der Waals surface area contributed by atoms with Gasteiger partial charge in [0.15, 0.2) is 0 Å². The van der Waals surface area contributed by atoms with Gasteiger partial charge in [-0.25, -0.2) is 0 Å². The zero-order valence-electron chi connectivity index (χ0n) is 10.6. The molecule has 15 heavy (non-hydrogen) atoms. The van der Waals surface area contributed by atoms with Crippen LogP contribution in [0.15, 0.2) is 0 Å². The third kappa shape index (κ3) is 13.8. The minimum absolute atomic E-state index is 0.101. The van der Waals surface area contributed by atoms with E-state index in [1.807, 2.05) is 25.9 Å². The third-order valence-electron chi connectivity index (χ3n) is 1.46. The van der Waals surface area contributed by atoms with Crippen molar-refractivity contribution in [2.45, 2.75) is 27.2 Å². The monoisotopic (exact) mass is 235 g/mol. The molecule has 0 aliphatic rings. The van der Waals surface area contributed by atoms with Gasteiger partial charge in [-0.1, -0.05) is 27.2 Å². The van der Waals surface area contributed by atoms with Crippen molar-refractivity contribution in [3.05, 3.63) is 0 Å². The minimum Gasteiger partial charge on any atom is -0.464 e. The van der Waals surface area contributed by atoms with E-state index in [0.717, 1.165) is 6.54 Å². The molecular weight excluding hydrogens is 210 g/mol. The van der Waals surface area contributed by atoms with Crippen LogP contribution in [0.4, 0.5) is 0 Å². The lowest BCUT2D eigenvalue weighted by atomic mass is 10.2. The maximum Gasteiger partial charge on any atom is 0.309 e. The van der Waals surface area contributed by atoms with E-state index in [9.17, 15) is 4.79 Å². The molecule has 0 saturated carbocycles. The van der Waals surface area contributed by atoms with E-state index in [0.29, 0.717) is 12.4 Å². The Kier molecular flexibility index (Phi) is 13.6. The summed E-state index contributed by atoms with van der Waals surface area (Å²) in [5.41, 5.74) is 0. The molecule has 0 heterocycles. The van der Waals surface area contributed by atoms with Gasteiger partial charge in [0.1, 0.15) is 6.61 Å². The van der Waals surface area contributed by atoms with Crippen LogP contribution >= 0.6 is 12.6 Å². The van der Waals surface area contributed by atoms with Crippen LogP contribution < -0.4 is 0 Å². The fourth-order valence-electron chi connectivity index (χ4n) is 0.546. The average Bonchev–Trinajstić information content (AvgIpc) is 2.17. The number of likely N-dealkylation sites (N-methyl/N-ethyl adjacent to an activating group) is 1. The van der Waals surface area contributed by atoms with Crippen molar-refractivity contribution in [2.24, 2.45) is 5.92 Å². The lowest BCUT2D eigenvalue weighted by Crippen LogP contribution is -2.23. The Bertz CT molecular complexity index is 152. The van der Waals surface area contributed by atoms with Gasteiger partial charge < -0.3 is 9.64 Å². The first-order valence-corrected chi connectivity index (χ1v) is 6.04. The lowest BCUT2D eigenvalue weighted by Gasteiger charge is -2.11. The number of carbonyl (C=O) groups is 1. The summed E-state index contributed by atoms with van der Waals surface area (Å²) >= 11 is 4.01. The number of hydrogen-bond acceptors (Lipinski definition) is 4. The summed E-state index contributed by atoms with van der Waals surface area (Å²) in [5.74, 6) is 0.281. The fraction of sp³-hybridized carbons (Fsp3) is 0.909. The highest BCUT2D eigenvalue weighted by atomic mass is 32.1. The fourth-order valence-corrected chi connectivity index (χ4v) is 0.695. The Balaban J connectivity index is 0. The van der Waals surface area contributed by atoms with Crippen molar-refractivity contribution in [1.29, 1.82) is 0 Å². The van der Waals surface area contributed by atoms with E-state index in [1.54, 1.807) is 0 Å². The van der Waals surface area contributed by atoms with Crippen LogP contribution in [-0.4, -0.2) is 43.9 Å². The molecule has 0 aromatic heterocycles. The van der Waals surface area contributed by atoms with Crippen molar-refractivity contribution < 1.29 is 9.53 Å². The lowest BCUT2D eigenvalue weighted by molar-refractivity contribution is -0.147. The summed E-state index contributed by atoms with van der Waals surface area (Å²) in [4.78, 5) is 13.0. The highest BCUT2D eigenvalue weighted by Crippen LogP contribution is 2.00. The third-order valence-corrected chi connectivity index (χ3v) is 2.01. The predicted octanol–water partition coefficient (Wildman–Crippen LogP) is 2.07. The molecule has 0 fully saturated rings. The number of nitrogens with zero attached hydrogens (tertiary/aromatic N) is 1. The van der Waals surface area contributed by atoms with Gasteiger partial charge in [-0.3, -0.25) is 4.79 Å². The van der Waals surface area contributed by atoms with Gasteiger partial charge in [-0.15, -0.1) is 0 Å². The van der Waals surface area contributed by atoms with Crippen molar-refractivity contribution in [2.75, 3.05) is 33.0 Å². The molecule has 0 rings (SSSR count). The molecule has 1 atom stereocenters. The molecule has 0 N–H and O–H groups in total. The predicted molar refractivity (Wildman–Crippen MR) is 68.5 cm³/mol. The normalized spacial score (nSPS) is 11.7. The summed E-state index contributed by atoms with van der Waals surface area (Å²) in [6.45, 7) is 7.29. The summed E-state index contributed by atoms with van der Waals surface area (Å²) in [6.07, 6.45) is 1.25. The van der Waals surface area contributed by atoms with E-state index < -0.39 is 0 Å². The van der Waals surface area contributed by atoms with Crippen LogP contribution in [0, 0.1) is 5.92 Å². The molecule has 0 aliphatic heterocycles. The van der Waals surface area contributed by atoms with E-state index in [2.05, 4.69) is 26.5 Å². The average molecular weight is 235 g/mol. The number of rotatable bonds is 5. The van der Waals surface area contributed by atoms with E-state index in [4.69, 9.17) is 4.74 Å². The molecule has 1 unspecified atom stereocenters. The van der Waals surface area contributed by atoms with Crippen molar-refractivity contribution in [3.8, 4) is 0 Å². The smallest absolute Gasteiger partial charge is 0.309 e. The molecule has 92 valence electrons. The topological polar surface area (TPSA) is 29.5 Å². The standard InChI is InChI=1S/C8H17NO2S.C3H8/c1-7(6-12)8(10)11-5-4-9(2)3;1-3-2/h7,12H,4-6H2,1-3H3;3H2,1-2H3. The first kappa shape index (κ1) is 17.2. The number of carbonyl (C=O) groups excluding carboxylic acids is 1. The second-order valence-electron chi connectivity index (χ2n) is 3.76. The first-order chi connectivity index (χ1) is 6.99. The van der Waals surface area contributed by atoms with Gasteiger partial charge in [0.05, 0.1) is 5.92 Å². The Hall–Kier alpha value is -0.220. The molecule has 0 spiro atoms. The number of thiol groups is 1. The van der Waals surface area contributed by atoms with Gasteiger partial charge in [0, 0.05) is 12.3 Å². The summed E-state index contributed by atoms with van der Waals surface area (Å²) in [5, 5.41) is 0. The van der Waals surface area contributed by atoms with E-state index in [1.165, 1.54) is 6.42 Å². The van der Waals surface area contributed by atoms with Crippen LogP contribution in [0.5, 0.6) is 0 Å². The molecule has 4 heteroatoms. The zero-order chi connectivity index (χ0) is 12.3. The van der Waals surface area contributed by atoms with Gasteiger partial charge in [0.2, 0.25) is 0 Å². The Morgan fingerprint density at radius 3 is 2.20 bits per heavy atom. The molecule has 0 aromatic carbocycles. The molecule has 0 radical (unpaired) electrons. The van der Waals surface area contributed by atoms with Crippen LogP contribution in [0.3, 0.4) is 0 Å². The van der Waals surface area contributed by atoms with Crippen molar-refractivity contribution in [3.63, 3.8) is 0 Å². The Morgan fingerprint density at radius 2 is 1.87 bits per heavy atom. The second kappa shape index (κ2) is 11.9. The summed E-state index contributed by atoms with van der Waals surface area (Å²) in [7, 11) is 3.88. The second-order valence-corrected chi connectivity index (χ2v) is 4.13. The first-order valence-electron chi connectivity index (χ1n) is 5.41. The maximum absolute atomic E-state index is 11.1. The molecule has 0 aliphatic carbocycles. The highest BCUT2D eigenvalue weighted by Gasteiger charge is 2.11. The van der Waals surface area contributed by atoms with Crippen molar-refractivity contribution >= 4 is 18.6 Å². The van der Waals surface area contributed by atoms with Gasteiger partial charge >= 0.3 is 5.97 Å². The zero-order valence-corrected chi connectivity index (χ0v) is 11.5. The number of esters is 1. The summed E-state index contributed by atoms with van der Waals surface area (Å²) < 4.78 is 4.98. The molecule has 0 amide bonds. The Morgan fingerprint density at radius 1 is 1.40 bits per heavy atom. The van der Waals surface area contributed by atoms with Gasteiger partial charge in [-0.2, -0.15) is 12.6 Å². The largest absolute Gasteiger partial charge is 0.464 e. The van der Waals surface area contributed by atoms with E-state index >= 15 is 0 Å². The van der Waals surface area contributed by atoms with Crippen LogP contribution in [-0.2, 0) is 9.53 Å². The van der Waals surface area contributed by atoms with Gasteiger partial charge in [0.25, 0.3) is 0 Å². The van der Waals surface area contributed by atoms with Crippen LogP contribution in [0.25, 0.3) is 0 Å². The van der Waals surface area contributed by atoms with Crippen LogP contribution in [0.2, 0.25) is 0 Å². The summed E-state index contributed by atoms with van der Waals surface area (Å²) in [6, 6.07) is 0. The minimum atomic E-state index is -0.160. The molecule has 0 bridgehead atoms. The molecular formula is C11H25NO2S. The van der Waals surface area contributed by atoms with Crippen LogP contribution in [0.1, 0.15) is 27.2 Å². The molecule has 0 saturated heterocycles. The quantitative estimate of drug-likeness (QED) is 0.584. The highest BCUT2D eigenvalue weighted by molar-refractivity contribution is 7.80. The van der Waals surface area contributed by atoms with E-state index in [-0.39, 0.29) is 11.9 Å². The number of hydrogen-bond donors (Lipinski definition) is 1. The molecule has 0 aromatic rings. The van der Waals surface area contributed by atoms with Crippen molar-refractivity contribution in [1.82, 2.24) is 4.90 Å². The Labute approximate surface area is 99.6 Å². The maximum atomic E-state index is 11.1. The molecule has 3 nitrogen and oxygen atoms in total. The SMILES string of the molecule is CC(CS)C(=O)OCCN(C)C.CCC.